The fourth-order valence-corrected chi connectivity index (χ4v) is 3.37. The Balaban J connectivity index is 2.24. The molecule has 1 aromatic heterocycles. The van der Waals surface area contributed by atoms with Gasteiger partial charge in [0.25, 0.3) is 0 Å². The molecule has 2 aromatic rings. The Morgan fingerprint density at radius 3 is 2.40 bits per heavy atom. The molecule has 2 rings (SSSR count). The predicted molar refractivity (Wildman–Crippen MR) is 82.0 cm³/mol. The van der Waals surface area contributed by atoms with Crippen molar-refractivity contribution in [2.45, 2.75) is 13.3 Å². The van der Waals surface area contributed by atoms with Crippen molar-refractivity contribution in [2.75, 3.05) is 11.0 Å². The summed E-state index contributed by atoms with van der Waals surface area (Å²) in [6.07, 6.45) is 1.91. The Morgan fingerprint density at radius 2 is 1.85 bits per heavy atom. The number of thiophene rings is 1. The molecule has 0 aliphatic carbocycles. The van der Waals surface area contributed by atoms with Gasteiger partial charge < -0.3 is 0 Å². The summed E-state index contributed by atoms with van der Waals surface area (Å²) in [7, 11) is -3.30. The van der Waals surface area contributed by atoms with Crippen molar-refractivity contribution >= 4 is 32.8 Å². The number of hydrogen-bond acceptors (Lipinski definition) is 4. The molecule has 0 bridgehead atoms. The predicted octanol–water partition coefficient (Wildman–Crippen LogP) is 2.91. The Morgan fingerprint density at radius 1 is 1.20 bits per heavy atom. The van der Waals surface area contributed by atoms with E-state index >= 15 is 0 Å². The van der Waals surface area contributed by atoms with Gasteiger partial charge in [0.15, 0.2) is 0 Å². The summed E-state index contributed by atoms with van der Waals surface area (Å²) in [4.78, 5) is 13.1. The van der Waals surface area contributed by atoms with E-state index in [1.165, 1.54) is 11.3 Å². The first kappa shape index (κ1) is 14.7. The molecule has 0 aliphatic heterocycles. The van der Waals surface area contributed by atoms with Crippen LogP contribution in [-0.2, 0) is 16.4 Å². The smallest absolute Gasteiger partial charge is 0.229 e. The highest BCUT2D eigenvalue weighted by molar-refractivity contribution is 7.92. The fraction of sp³-hybridized carbons (Fsp3) is 0.214. The molecule has 0 fully saturated rings. The molecule has 0 saturated carbocycles. The van der Waals surface area contributed by atoms with Crippen molar-refractivity contribution in [2.24, 2.45) is 0 Å². The second kappa shape index (κ2) is 5.76. The minimum atomic E-state index is -3.30. The van der Waals surface area contributed by atoms with E-state index in [0.29, 0.717) is 11.3 Å². The van der Waals surface area contributed by atoms with Gasteiger partial charge in [-0.2, -0.15) is 0 Å². The van der Waals surface area contributed by atoms with Gasteiger partial charge in [-0.15, -0.1) is 11.3 Å². The Labute approximate surface area is 122 Å². The number of aryl methyl sites for hydroxylation is 1. The Bertz CT molecular complexity index is 715. The third-order valence-corrected chi connectivity index (χ3v) is 4.35. The highest BCUT2D eigenvalue weighted by atomic mass is 32.2. The van der Waals surface area contributed by atoms with Gasteiger partial charge in [0.2, 0.25) is 15.8 Å². The van der Waals surface area contributed by atoms with Crippen LogP contribution in [0, 0.1) is 0 Å². The molecule has 0 unspecified atom stereocenters. The summed E-state index contributed by atoms with van der Waals surface area (Å²) >= 11 is 1.43. The average molecular weight is 309 g/mol. The highest BCUT2D eigenvalue weighted by Gasteiger charge is 2.14. The molecule has 0 aliphatic rings. The van der Waals surface area contributed by atoms with E-state index in [2.05, 4.69) is 4.72 Å². The summed E-state index contributed by atoms with van der Waals surface area (Å²) in [5, 5.41) is 1.91. The number of rotatable bonds is 5. The number of hydrogen-bond donors (Lipinski definition) is 1. The molecular weight excluding hydrogens is 294 g/mol. The molecule has 0 saturated heterocycles. The van der Waals surface area contributed by atoms with Gasteiger partial charge in [-0.1, -0.05) is 6.92 Å². The number of ketones is 1. The van der Waals surface area contributed by atoms with Crippen molar-refractivity contribution in [1.29, 1.82) is 0 Å². The molecule has 0 amide bonds. The molecule has 106 valence electrons. The summed E-state index contributed by atoms with van der Waals surface area (Å²) in [5.41, 5.74) is 2.05. The van der Waals surface area contributed by atoms with Gasteiger partial charge in [-0.25, -0.2) is 8.42 Å². The maximum absolute atomic E-state index is 12.4. The summed E-state index contributed by atoms with van der Waals surface area (Å²) < 4.78 is 24.6. The molecule has 0 radical (unpaired) electrons. The maximum Gasteiger partial charge on any atom is 0.229 e. The van der Waals surface area contributed by atoms with Crippen LogP contribution in [0.2, 0.25) is 0 Å². The van der Waals surface area contributed by atoms with E-state index in [0.717, 1.165) is 23.1 Å². The number of sulfonamides is 1. The summed E-state index contributed by atoms with van der Waals surface area (Å²) in [6, 6.07) is 8.41. The lowest BCUT2D eigenvalue weighted by molar-refractivity contribution is 0.104. The number of benzene rings is 1. The van der Waals surface area contributed by atoms with Gasteiger partial charge in [0, 0.05) is 11.3 Å². The number of nitrogens with one attached hydrogen (secondary N) is 1. The molecule has 20 heavy (non-hydrogen) atoms. The van der Waals surface area contributed by atoms with E-state index in [1.54, 1.807) is 24.3 Å². The second-order valence-corrected chi connectivity index (χ2v) is 7.07. The van der Waals surface area contributed by atoms with E-state index in [1.807, 2.05) is 18.4 Å². The van der Waals surface area contributed by atoms with Gasteiger partial charge >= 0.3 is 0 Å². The standard InChI is InChI=1S/C14H15NO3S2/c1-3-10-8-9-19-14(10)13(16)11-4-6-12(7-5-11)15-20(2,17)18/h4-9,15H,3H2,1-2H3. The summed E-state index contributed by atoms with van der Waals surface area (Å²) in [6.45, 7) is 2.01. The van der Waals surface area contributed by atoms with Gasteiger partial charge in [-0.3, -0.25) is 9.52 Å². The van der Waals surface area contributed by atoms with Crippen molar-refractivity contribution < 1.29 is 13.2 Å². The van der Waals surface area contributed by atoms with E-state index in [9.17, 15) is 13.2 Å². The molecule has 1 aromatic carbocycles. The largest absolute Gasteiger partial charge is 0.288 e. The minimum absolute atomic E-state index is 0.0252. The van der Waals surface area contributed by atoms with Crippen LogP contribution in [0.25, 0.3) is 0 Å². The van der Waals surface area contributed by atoms with Crippen molar-refractivity contribution in [3.05, 3.63) is 51.7 Å². The quantitative estimate of drug-likeness (QED) is 0.864. The monoisotopic (exact) mass is 309 g/mol. The maximum atomic E-state index is 12.4. The van der Waals surface area contributed by atoms with E-state index in [-0.39, 0.29) is 5.78 Å². The molecular formula is C14H15NO3S2. The molecule has 1 heterocycles. The van der Waals surface area contributed by atoms with Crippen molar-refractivity contribution in [1.82, 2.24) is 0 Å². The van der Waals surface area contributed by atoms with Crippen LogP contribution in [0.15, 0.2) is 35.7 Å². The van der Waals surface area contributed by atoms with Crippen LogP contribution in [-0.4, -0.2) is 20.5 Å². The first-order valence-electron chi connectivity index (χ1n) is 6.09. The van der Waals surface area contributed by atoms with Crippen LogP contribution in [0.4, 0.5) is 5.69 Å². The Kier molecular flexibility index (Phi) is 4.25. The lowest BCUT2D eigenvalue weighted by Gasteiger charge is -2.05. The first-order chi connectivity index (χ1) is 9.40. The molecule has 4 nitrogen and oxygen atoms in total. The molecule has 0 atom stereocenters. The summed E-state index contributed by atoms with van der Waals surface area (Å²) in [5.74, 6) is -0.0252. The fourth-order valence-electron chi connectivity index (χ4n) is 1.85. The number of carbonyl (C=O) groups is 1. The first-order valence-corrected chi connectivity index (χ1v) is 8.86. The zero-order valence-electron chi connectivity index (χ0n) is 11.2. The SMILES string of the molecule is CCc1ccsc1C(=O)c1ccc(NS(C)(=O)=O)cc1. The van der Waals surface area contributed by atoms with Gasteiger partial charge in [0.1, 0.15) is 0 Å². The van der Waals surface area contributed by atoms with Crippen molar-refractivity contribution in [3.63, 3.8) is 0 Å². The Hall–Kier alpha value is -1.66. The average Bonchev–Trinajstić information content (AvgIpc) is 2.85. The normalized spacial score (nSPS) is 11.3. The number of anilines is 1. The highest BCUT2D eigenvalue weighted by Crippen LogP contribution is 2.22. The molecule has 0 spiro atoms. The third-order valence-electron chi connectivity index (χ3n) is 2.78. The second-order valence-electron chi connectivity index (χ2n) is 4.41. The third kappa shape index (κ3) is 3.46. The topological polar surface area (TPSA) is 63.2 Å². The van der Waals surface area contributed by atoms with Crippen LogP contribution in [0.1, 0.15) is 27.7 Å². The lowest BCUT2D eigenvalue weighted by atomic mass is 10.1. The van der Waals surface area contributed by atoms with Crippen molar-refractivity contribution in [3.8, 4) is 0 Å². The van der Waals surface area contributed by atoms with E-state index in [4.69, 9.17) is 0 Å². The van der Waals surface area contributed by atoms with Crippen LogP contribution >= 0.6 is 11.3 Å². The van der Waals surface area contributed by atoms with Gasteiger partial charge in [0.05, 0.1) is 11.1 Å². The zero-order valence-corrected chi connectivity index (χ0v) is 12.8. The zero-order chi connectivity index (χ0) is 14.8. The van der Waals surface area contributed by atoms with Gasteiger partial charge in [-0.05, 0) is 47.7 Å². The van der Waals surface area contributed by atoms with Crippen LogP contribution < -0.4 is 4.72 Å². The van der Waals surface area contributed by atoms with E-state index < -0.39 is 10.0 Å². The van der Waals surface area contributed by atoms with Crippen LogP contribution in [0.5, 0.6) is 0 Å². The lowest BCUT2D eigenvalue weighted by Crippen LogP contribution is -2.09. The number of carbonyl (C=O) groups excluding carboxylic acids is 1. The molecule has 1 N–H and O–H groups in total. The minimum Gasteiger partial charge on any atom is -0.288 e. The van der Waals surface area contributed by atoms with Crippen LogP contribution in [0.3, 0.4) is 0 Å². The molecule has 6 heteroatoms.